The Hall–Kier alpha value is -1.08. The predicted molar refractivity (Wildman–Crippen MR) is 64.1 cm³/mol. The van der Waals surface area contributed by atoms with Gasteiger partial charge in [0, 0.05) is 10.7 Å². The average Bonchev–Trinajstić information content (AvgIpc) is 2.66. The molecule has 1 aliphatic rings. The van der Waals surface area contributed by atoms with Crippen LogP contribution in [0.1, 0.15) is 42.4 Å². The van der Waals surface area contributed by atoms with Crippen molar-refractivity contribution in [2.45, 2.75) is 43.6 Å². The number of halogens is 1. The highest BCUT2D eigenvalue weighted by Crippen LogP contribution is 2.27. The number of aryl methyl sites for hydroxylation is 1. The van der Waals surface area contributed by atoms with Crippen molar-refractivity contribution in [3.8, 4) is 0 Å². The van der Waals surface area contributed by atoms with Gasteiger partial charge >= 0.3 is 5.97 Å². The zero-order chi connectivity index (χ0) is 13.3. The van der Waals surface area contributed by atoms with Gasteiger partial charge in [-0.3, -0.25) is 5.10 Å². The molecule has 1 aliphatic carbocycles. The van der Waals surface area contributed by atoms with Gasteiger partial charge in [0.15, 0.2) is 5.69 Å². The lowest BCUT2D eigenvalue weighted by Gasteiger charge is -2.24. The molecule has 0 unspecified atom stereocenters. The van der Waals surface area contributed by atoms with Crippen LogP contribution in [0.2, 0.25) is 0 Å². The van der Waals surface area contributed by atoms with Crippen molar-refractivity contribution in [1.82, 2.24) is 10.2 Å². The minimum atomic E-state index is -4.02. The zero-order valence-electron chi connectivity index (χ0n) is 9.77. The molecular weight excluding hydrogens is 280 g/mol. The molecule has 0 aromatic carbocycles. The van der Waals surface area contributed by atoms with Crippen molar-refractivity contribution in [2.24, 2.45) is 0 Å². The lowest BCUT2D eigenvalue weighted by atomic mass is 9.96. The maximum atomic E-state index is 11.8. The van der Waals surface area contributed by atoms with Gasteiger partial charge in [-0.15, -0.1) is 0 Å². The number of hydrogen-bond acceptors (Lipinski definition) is 5. The Morgan fingerprint density at radius 1 is 1.56 bits per heavy atom. The first kappa shape index (κ1) is 13.4. The lowest BCUT2D eigenvalue weighted by Crippen LogP contribution is -2.25. The van der Waals surface area contributed by atoms with Crippen LogP contribution in [0.4, 0.5) is 0 Å². The minimum Gasteiger partial charge on any atom is -0.458 e. The number of aromatic nitrogens is 2. The fraction of sp³-hybridized carbons (Fsp3) is 0.600. The van der Waals surface area contributed by atoms with Crippen LogP contribution in [0.3, 0.4) is 0 Å². The van der Waals surface area contributed by atoms with E-state index in [9.17, 15) is 13.2 Å². The van der Waals surface area contributed by atoms with Crippen LogP contribution < -0.4 is 0 Å². The zero-order valence-corrected chi connectivity index (χ0v) is 11.3. The Labute approximate surface area is 109 Å². The van der Waals surface area contributed by atoms with Gasteiger partial charge in [0.05, 0.1) is 5.69 Å². The third kappa shape index (κ3) is 2.51. The molecule has 100 valence electrons. The highest BCUT2D eigenvalue weighted by atomic mass is 35.7. The first-order valence-electron chi connectivity index (χ1n) is 5.66. The second-order valence-corrected chi connectivity index (χ2v) is 6.63. The topological polar surface area (TPSA) is 89.1 Å². The minimum absolute atomic E-state index is 0.134. The number of carbonyl (C=O) groups is 1. The molecule has 0 aliphatic heterocycles. The Morgan fingerprint density at radius 2 is 2.22 bits per heavy atom. The van der Waals surface area contributed by atoms with E-state index in [1.54, 1.807) is 6.92 Å². The second-order valence-electron chi connectivity index (χ2n) is 4.13. The highest BCUT2D eigenvalue weighted by Gasteiger charge is 2.31. The van der Waals surface area contributed by atoms with Crippen LogP contribution in [-0.2, 0) is 20.2 Å². The number of rotatable bonds is 4. The number of nitrogens with zero attached hydrogens (tertiary/aromatic N) is 1. The maximum Gasteiger partial charge on any atom is 0.360 e. The first-order valence-corrected chi connectivity index (χ1v) is 7.97. The molecule has 1 aromatic rings. The fourth-order valence-electron chi connectivity index (χ4n) is 1.70. The molecule has 1 heterocycles. The van der Waals surface area contributed by atoms with Crippen molar-refractivity contribution in [3.05, 3.63) is 11.4 Å². The van der Waals surface area contributed by atoms with Crippen molar-refractivity contribution >= 4 is 25.7 Å². The van der Waals surface area contributed by atoms with E-state index in [0.717, 1.165) is 19.3 Å². The Bertz CT molecular complexity index is 562. The molecule has 1 aromatic heterocycles. The smallest absolute Gasteiger partial charge is 0.360 e. The summed E-state index contributed by atoms with van der Waals surface area (Å²) in [7, 11) is 1.30. The monoisotopic (exact) mass is 292 g/mol. The van der Waals surface area contributed by atoms with Crippen molar-refractivity contribution in [1.29, 1.82) is 0 Å². The van der Waals surface area contributed by atoms with Gasteiger partial charge in [-0.2, -0.15) is 5.10 Å². The van der Waals surface area contributed by atoms with Gasteiger partial charge in [-0.1, -0.05) is 6.92 Å². The summed E-state index contributed by atoms with van der Waals surface area (Å²) < 4.78 is 28.1. The van der Waals surface area contributed by atoms with Crippen molar-refractivity contribution in [2.75, 3.05) is 0 Å². The number of hydrogen-bond donors (Lipinski definition) is 1. The van der Waals surface area contributed by atoms with E-state index < -0.39 is 15.0 Å². The van der Waals surface area contributed by atoms with Crippen LogP contribution in [0, 0.1) is 0 Å². The number of ether oxygens (including phenoxy) is 1. The molecule has 0 atom stereocenters. The molecule has 0 bridgehead atoms. The Morgan fingerprint density at radius 3 is 2.67 bits per heavy atom. The molecule has 8 heteroatoms. The SMILES string of the molecule is CCc1[nH]nc(C(=O)OC2CCC2)c1S(=O)(=O)Cl. The quantitative estimate of drug-likeness (QED) is 0.672. The maximum absolute atomic E-state index is 11.8. The average molecular weight is 293 g/mol. The van der Waals surface area contributed by atoms with Crippen LogP contribution in [-0.4, -0.2) is 30.7 Å². The standard InChI is InChI=1S/C10H13ClN2O4S/c1-2-7-9(18(11,15)16)8(13-12-7)10(14)17-6-4-3-5-6/h6H,2-5H2,1H3,(H,12,13). The van der Waals surface area contributed by atoms with E-state index in [0.29, 0.717) is 12.1 Å². The Kier molecular flexibility index (Phi) is 3.63. The summed E-state index contributed by atoms with van der Waals surface area (Å²) >= 11 is 0. The van der Waals surface area contributed by atoms with Gasteiger partial charge in [-0.25, -0.2) is 13.2 Å². The molecule has 0 spiro atoms. The van der Waals surface area contributed by atoms with Crippen molar-refractivity contribution < 1.29 is 17.9 Å². The van der Waals surface area contributed by atoms with Crippen LogP contribution in [0.5, 0.6) is 0 Å². The molecule has 0 radical (unpaired) electrons. The van der Waals surface area contributed by atoms with Crippen LogP contribution in [0.15, 0.2) is 4.90 Å². The lowest BCUT2D eigenvalue weighted by molar-refractivity contribution is 0.00795. The fourth-order valence-corrected chi connectivity index (χ4v) is 3.05. The molecule has 6 nitrogen and oxygen atoms in total. The molecule has 0 saturated heterocycles. The molecule has 0 amide bonds. The summed E-state index contributed by atoms with van der Waals surface area (Å²) in [6, 6.07) is 0. The predicted octanol–water partition coefficient (Wildman–Crippen LogP) is 1.61. The Balaban J connectivity index is 2.32. The number of carbonyl (C=O) groups excluding carboxylic acids is 1. The van der Waals surface area contributed by atoms with Crippen LogP contribution >= 0.6 is 10.7 Å². The molecule has 1 saturated carbocycles. The van der Waals surface area contributed by atoms with Gasteiger partial charge in [0.2, 0.25) is 0 Å². The summed E-state index contributed by atoms with van der Waals surface area (Å²) in [5.41, 5.74) is 0.0549. The summed E-state index contributed by atoms with van der Waals surface area (Å²) in [4.78, 5) is 11.5. The van der Waals surface area contributed by atoms with Crippen LogP contribution in [0.25, 0.3) is 0 Å². The van der Waals surface area contributed by atoms with E-state index in [4.69, 9.17) is 15.4 Å². The third-order valence-corrected chi connectivity index (χ3v) is 4.30. The summed E-state index contributed by atoms with van der Waals surface area (Å²) in [5, 5.41) is 6.21. The normalized spacial score (nSPS) is 16.3. The molecule has 18 heavy (non-hydrogen) atoms. The molecule has 1 fully saturated rings. The number of H-pyrrole nitrogens is 1. The van der Waals surface area contributed by atoms with Gasteiger partial charge < -0.3 is 4.74 Å². The summed E-state index contributed by atoms with van der Waals surface area (Å²) in [5.74, 6) is -0.741. The highest BCUT2D eigenvalue weighted by molar-refractivity contribution is 8.13. The molecule has 2 rings (SSSR count). The summed E-state index contributed by atoms with van der Waals surface area (Å²) in [6.45, 7) is 1.74. The van der Waals surface area contributed by atoms with Gasteiger partial charge in [0.1, 0.15) is 11.0 Å². The van der Waals surface area contributed by atoms with E-state index in [-0.39, 0.29) is 16.7 Å². The van der Waals surface area contributed by atoms with Gasteiger partial charge in [0.25, 0.3) is 9.05 Å². The first-order chi connectivity index (χ1) is 8.43. The van der Waals surface area contributed by atoms with Gasteiger partial charge in [-0.05, 0) is 25.7 Å². The third-order valence-electron chi connectivity index (χ3n) is 2.91. The number of aromatic amines is 1. The molecule has 1 N–H and O–H groups in total. The molecular formula is C10H13ClN2O4S. The summed E-state index contributed by atoms with van der Waals surface area (Å²) in [6.07, 6.45) is 2.87. The second kappa shape index (κ2) is 4.89. The number of esters is 1. The largest absolute Gasteiger partial charge is 0.458 e. The number of nitrogens with one attached hydrogen (secondary N) is 1. The van der Waals surface area contributed by atoms with E-state index in [1.807, 2.05) is 0 Å². The van der Waals surface area contributed by atoms with E-state index in [2.05, 4.69) is 10.2 Å². The van der Waals surface area contributed by atoms with E-state index >= 15 is 0 Å². The van der Waals surface area contributed by atoms with E-state index in [1.165, 1.54) is 0 Å². The van der Waals surface area contributed by atoms with Crippen molar-refractivity contribution in [3.63, 3.8) is 0 Å².